The van der Waals surface area contributed by atoms with E-state index in [2.05, 4.69) is 9.79 Å². The van der Waals surface area contributed by atoms with Gasteiger partial charge in [-0.25, -0.2) is 0 Å². The van der Waals surface area contributed by atoms with Crippen LogP contribution in [0.4, 0.5) is 5.69 Å². The number of hydrogen-bond donors (Lipinski definition) is 0. The highest BCUT2D eigenvalue weighted by atomic mass is 16.6. The van der Waals surface area contributed by atoms with Gasteiger partial charge in [-0.15, -0.1) is 0 Å². The van der Waals surface area contributed by atoms with E-state index in [1.54, 1.807) is 19.9 Å². The van der Waals surface area contributed by atoms with E-state index in [1.807, 2.05) is 0 Å². The first-order valence-electron chi connectivity index (χ1n) is 4.80. The van der Waals surface area contributed by atoms with Crippen LogP contribution in [0.25, 0.3) is 5.69 Å². The molecule has 0 unspecified atom stereocenters. The minimum Gasteiger partial charge on any atom is -0.539 e. The van der Waals surface area contributed by atoms with E-state index >= 15 is 0 Å². The number of benzene rings is 1. The summed E-state index contributed by atoms with van der Waals surface area (Å²) in [4.78, 5) is 10.4. The second-order valence-electron chi connectivity index (χ2n) is 3.63. The minimum absolute atomic E-state index is 0.0112. The molecule has 0 aliphatic heterocycles. The molecule has 2 aromatic rings. The van der Waals surface area contributed by atoms with Crippen LogP contribution in [-0.2, 0) is 0 Å². The minimum atomic E-state index is -0.606. The quantitative estimate of drug-likeness (QED) is 0.430. The Hall–Kier alpha value is -2.44. The third-order valence-corrected chi connectivity index (χ3v) is 2.53. The lowest BCUT2D eigenvalue weighted by atomic mass is 10.1. The number of rotatable bonds is 2. The summed E-state index contributed by atoms with van der Waals surface area (Å²) in [6.07, 6.45) is 1.12. The molecule has 0 saturated carbocycles. The van der Waals surface area contributed by atoms with Crippen LogP contribution in [0, 0.1) is 24.0 Å². The number of aromatic nitrogens is 2. The molecule has 17 heavy (non-hydrogen) atoms. The van der Waals surface area contributed by atoms with E-state index in [9.17, 15) is 15.2 Å². The molecule has 2 rings (SSSR count). The molecule has 88 valence electrons. The molecule has 0 aliphatic carbocycles. The van der Waals surface area contributed by atoms with Crippen LogP contribution in [0.3, 0.4) is 0 Å². The molecule has 0 spiro atoms. The van der Waals surface area contributed by atoms with Crippen LogP contribution in [0.1, 0.15) is 11.1 Å². The van der Waals surface area contributed by atoms with Crippen molar-refractivity contribution in [3.05, 3.63) is 39.6 Å². The van der Waals surface area contributed by atoms with Crippen LogP contribution < -0.4 is 9.79 Å². The number of nitro groups is 1. The maximum Gasteiger partial charge on any atom is 0.279 e. The van der Waals surface area contributed by atoms with Crippen molar-refractivity contribution in [1.29, 1.82) is 0 Å². The third-order valence-electron chi connectivity index (χ3n) is 2.53. The molecule has 1 heterocycles. The van der Waals surface area contributed by atoms with Crippen molar-refractivity contribution < 1.29 is 19.2 Å². The van der Waals surface area contributed by atoms with Crippen LogP contribution in [0.5, 0.6) is 5.95 Å². The van der Waals surface area contributed by atoms with Gasteiger partial charge in [-0.1, -0.05) is 0 Å². The molecule has 1 aromatic heterocycles. The Kier molecular flexibility index (Phi) is 2.51. The first-order chi connectivity index (χ1) is 7.99. The summed E-state index contributed by atoms with van der Waals surface area (Å²) in [5, 5.41) is 25.2. The van der Waals surface area contributed by atoms with Crippen LogP contribution in [-0.4, -0.2) is 10.2 Å². The van der Waals surface area contributed by atoms with E-state index < -0.39 is 10.9 Å². The fourth-order valence-electron chi connectivity index (χ4n) is 1.50. The lowest BCUT2D eigenvalue weighted by Crippen LogP contribution is -2.31. The molecule has 0 fully saturated rings. The molecule has 0 N–H and O–H groups in total. The van der Waals surface area contributed by atoms with Crippen LogP contribution in [0.15, 0.2) is 22.9 Å². The Morgan fingerprint density at radius 1 is 1.41 bits per heavy atom. The average Bonchev–Trinajstić information content (AvgIpc) is 2.68. The number of nitro benzene ring substituents is 1. The Balaban J connectivity index is 2.60. The largest absolute Gasteiger partial charge is 0.539 e. The van der Waals surface area contributed by atoms with Crippen LogP contribution in [0.2, 0.25) is 0 Å². The first kappa shape index (κ1) is 11.1. The zero-order chi connectivity index (χ0) is 12.6. The fourth-order valence-corrected chi connectivity index (χ4v) is 1.50. The molecule has 0 bridgehead atoms. The predicted octanol–water partition coefficient (Wildman–Crippen LogP) is 0.550. The highest BCUT2D eigenvalue weighted by Gasteiger charge is 2.20. The van der Waals surface area contributed by atoms with Gasteiger partial charge in [0.15, 0.2) is 0 Å². The normalized spacial score (nSPS) is 10.5. The molecule has 1 aromatic carbocycles. The van der Waals surface area contributed by atoms with E-state index in [0.29, 0.717) is 11.3 Å². The SMILES string of the molecule is Cc1cc(-[n+]2cc([O-])on2)cc([N+](=O)[O-])c1C. The van der Waals surface area contributed by atoms with Gasteiger partial charge in [-0.05, 0) is 24.1 Å². The molecule has 7 heteroatoms. The van der Waals surface area contributed by atoms with Crippen molar-refractivity contribution in [2.75, 3.05) is 0 Å². The van der Waals surface area contributed by atoms with Gasteiger partial charge >= 0.3 is 0 Å². The smallest absolute Gasteiger partial charge is 0.279 e. The van der Waals surface area contributed by atoms with Gasteiger partial charge in [0.2, 0.25) is 11.9 Å². The number of aryl methyl sites for hydroxylation is 1. The van der Waals surface area contributed by atoms with Crippen LogP contribution >= 0.6 is 0 Å². The second kappa shape index (κ2) is 3.85. The monoisotopic (exact) mass is 235 g/mol. The number of nitrogens with zero attached hydrogens (tertiary/aromatic N) is 3. The zero-order valence-electron chi connectivity index (χ0n) is 9.21. The van der Waals surface area contributed by atoms with E-state index in [1.165, 1.54) is 10.7 Å². The predicted molar refractivity (Wildman–Crippen MR) is 53.6 cm³/mol. The Morgan fingerprint density at radius 2 is 2.12 bits per heavy atom. The van der Waals surface area contributed by atoms with Gasteiger partial charge in [0.05, 0.1) is 16.3 Å². The molecule has 0 amide bonds. The Bertz CT molecular complexity index is 591. The number of hydrogen-bond acceptors (Lipinski definition) is 5. The Morgan fingerprint density at radius 3 is 2.65 bits per heavy atom. The van der Waals surface area contributed by atoms with Gasteiger partial charge < -0.3 is 9.63 Å². The summed E-state index contributed by atoms with van der Waals surface area (Å²) in [6, 6.07) is 3.05. The molecule has 0 atom stereocenters. The zero-order valence-corrected chi connectivity index (χ0v) is 9.21. The molecule has 0 aliphatic rings. The lowest BCUT2D eigenvalue weighted by Gasteiger charge is -2.00. The van der Waals surface area contributed by atoms with Crippen molar-refractivity contribution in [2.45, 2.75) is 13.8 Å². The van der Waals surface area contributed by atoms with Crippen molar-refractivity contribution in [3.8, 4) is 11.6 Å². The fraction of sp³-hybridized carbons (Fsp3) is 0.200. The molecule has 0 saturated heterocycles. The van der Waals surface area contributed by atoms with E-state index in [0.717, 1.165) is 11.8 Å². The van der Waals surface area contributed by atoms with Crippen molar-refractivity contribution in [1.82, 2.24) is 5.27 Å². The summed E-state index contributed by atoms with van der Waals surface area (Å²) in [6.45, 7) is 3.42. The molecule has 0 radical (unpaired) electrons. The van der Waals surface area contributed by atoms with Crippen molar-refractivity contribution >= 4 is 5.69 Å². The lowest BCUT2D eigenvalue weighted by molar-refractivity contribution is -0.670. The summed E-state index contributed by atoms with van der Waals surface area (Å²) in [5.74, 6) is -0.606. The summed E-state index contributed by atoms with van der Waals surface area (Å²) in [7, 11) is 0. The summed E-state index contributed by atoms with van der Waals surface area (Å²) in [5.41, 5.74) is 1.75. The van der Waals surface area contributed by atoms with Gasteiger partial charge in [0.25, 0.3) is 5.69 Å². The molecule has 7 nitrogen and oxygen atoms in total. The first-order valence-corrected chi connectivity index (χ1v) is 4.80. The Labute approximate surface area is 96.0 Å². The highest BCUT2D eigenvalue weighted by Crippen LogP contribution is 2.23. The maximum atomic E-state index is 10.9. The summed E-state index contributed by atoms with van der Waals surface area (Å²) >= 11 is 0. The van der Waals surface area contributed by atoms with Crippen molar-refractivity contribution in [2.24, 2.45) is 0 Å². The summed E-state index contributed by atoms with van der Waals surface area (Å²) < 4.78 is 5.55. The van der Waals surface area contributed by atoms with Gasteiger partial charge in [-0.3, -0.25) is 10.1 Å². The topological polar surface area (TPSA) is 96.1 Å². The van der Waals surface area contributed by atoms with Gasteiger partial charge in [0, 0.05) is 11.6 Å². The van der Waals surface area contributed by atoms with E-state index in [-0.39, 0.29) is 5.69 Å². The second-order valence-corrected chi connectivity index (χ2v) is 3.63. The molecular formula is C10H9N3O4. The molecular weight excluding hydrogens is 226 g/mol. The third kappa shape index (κ3) is 1.94. The van der Waals surface area contributed by atoms with Gasteiger partial charge in [-0.2, -0.15) is 0 Å². The van der Waals surface area contributed by atoms with E-state index in [4.69, 9.17) is 0 Å². The van der Waals surface area contributed by atoms with Gasteiger partial charge in [0.1, 0.15) is 5.95 Å². The van der Waals surface area contributed by atoms with Crippen molar-refractivity contribution in [3.63, 3.8) is 0 Å². The maximum absolute atomic E-state index is 10.9. The average molecular weight is 235 g/mol. The standard InChI is InChI=1S/C10H9N3O4/c1-6-3-8(12-5-10(14)17-11-12)4-9(7(6)2)13(15)16/h3-5H,1-2H3. The highest BCUT2D eigenvalue weighted by molar-refractivity contribution is 5.49.